The fourth-order valence-electron chi connectivity index (χ4n) is 2.71. The third-order valence-electron chi connectivity index (χ3n) is 4.10. The van der Waals surface area contributed by atoms with Gasteiger partial charge in [-0.3, -0.25) is 9.59 Å². The standard InChI is InChI=1S/C20H22ClNO5/c1-26-16-8-9-18(27-2)14(11-16)5-10-19(23)22-17(12-20(24)25)13-3-6-15(21)7-4-13/h3-4,6-9,11,17H,5,10,12H2,1-2H3,(H,22,23)(H,24,25)/t17-/m0/s1. The lowest BCUT2D eigenvalue weighted by atomic mass is 10.0. The van der Waals surface area contributed by atoms with E-state index < -0.39 is 12.0 Å². The first-order valence-electron chi connectivity index (χ1n) is 8.40. The second kappa shape index (κ2) is 9.83. The number of methoxy groups -OCH3 is 2. The summed E-state index contributed by atoms with van der Waals surface area (Å²) in [6.45, 7) is 0. The van der Waals surface area contributed by atoms with Crippen LogP contribution < -0.4 is 14.8 Å². The second-order valence-corrected chi connectivity index (χ2v) is 6.38. The van der Waals surface area contributed by atoms with Crippen LogP contribution in [0.5, 0.6) is 11.5 Å². The molecule has 27 heavy (non-hydrogen) atoms. The number of aliphatic carboxylic acids is 1. The molecule has 0 radical (unpaired) electrons. The number of halogens is 1. The van der Waals surface area contributed by atoms with Crippen molar-refractivity contribution in [2.75, 3.05) is 14.2 Å². The zero-order chi connectivity index (χ0) is 19.8. The lowest BCUT2D eigenvalue weighted by molar-refractivity contribution is -0.137. The molecule has 7 heteroatoms. The maximum atomic E-state index is 12.4. The summed E-state index contributed by atoms with van der Waals surface area (Å²) in [7, 11) is 3.13. The average molecular weight is 392 g/mol. The normalized spacial score (nSPS) is 11.5. The minimum atomic E-state index is -0.996. The van der Waals surface area contributed by atoms with Crippen LogP contribution in [0.1, 0.15) is 30.0 Å². The number of benzene rings is 2. The molecule has 6 nitrogen and oxygen atoms in total. The second-order valence-electron chi connectivity index (χ2n) is 5.95. The molecule has 144 valence electrons. The predicted molar refractivity (Wildman–Crippen MR) is 102 cm³/mol. The van der Waals surface area contributed by atoms with Gasteiger partial charge in [0.1, 0.15) is 11.5 Å². The van der Waals surface area contributed by atoms with E-state index in [-0.39, 0.29) is 18.7 Å². The van der Waals surface area contributed by atoms with Crippen LogP contribution in [0, 0.1) is 0 Å². The van der Waals surface area contributed by atoms with Crippen LogP contribution in [-0.2, 0) is 16.0 Å². The highest BCUT2D eigenvalue weighted by molar-refractivity contribution is 6.30. The van der Waals surface area contributed by atoms with Crippen molar-refractivity contribution < 1.29 is 24.2 Å². The molecule has 0 unspecified atom stereocenters. The van der Waals surface area contributed by atoms with Gasteiger partial charge in [-0.2, -0.15) is 0 Å². The average Bonchev–Trinajstić information content (AvgIpc) is 2.65. The minimum absolute atomic E-state index is 0.188. The molecule has 0 aromatic heterocycles. The van der Waals surface area contributed by atoms with E-state index in [0.717, 1.165) is 5.56 Å². The lowest BCUT2D eigenvalue weighted by Gasteiger charge is -2.18. The first kappa shape index (κ1) is 20.6. The Morgan fingerprint density at radius 1 is 1.11 bits per heavy atom. The molecule has 2 rings (SSSR count). The molecule has 1 atom stereocenters. The summed E-state index contributed by atoms with van der Waals surface area (Å²) in [6.07, 6.45) is 0.412. The van der Waals surface area contributed by atoms with E-state index in [1.165, 1.54) is 0 Å². The van der Waals surface area contributed by atoms with Crippen molar-refractivity contribution in [1.82, 2.24) is 5.32 Å². The van der Waals surface area contributed by atoms with Crippen LogP contribution in [0.15, 0.2) is 42.5 Å². The van der Waals surface area contributed by atoms with Crippen LogP contribution in [0.2, 0.25) is 5.02 Å². The molecule has 0 aliphatic heterocycles. The van der Waals surface area contributed by atoms with Crippen molar-refractivity contribution in [1.29, 1.82) is 0 Å². The Kier molecular flexibility index (Phi) is 7.49. The maximum absolute atomic E-state index is 12.4. The van der Waals surface area contributed by atoms with E-state index in [1.54, 1.807) is 50.6 Å². The quantitative estimate of drug-likeness (QED) is 0.682. The molecule has 0 aliphatic rings. The van der Waals surface area contributed by atoms with Crippen molar-refractivity contribution >= 4 is 23.5 Å². The molecule has 0 spiro atoms. The lowest BCUT2D eigenvalue weighted by Crippen LogP contribution is -2.30. The van der Waals surface area contributed by atoms with Gasteiger partial charge in [-0.1, -0.05) is 23.7 Å². The number of carbonyl (C=O) groups excluding carboxylic acids is 1. The number of carboxylic acid groups (broad SMARTS) is 1. The molecule has 1 amide bonds. The SMILES string of the molecule is COc1ccc(OC)c(CCC(=O)N[C@@H](CC(=O)O)c2ccc(Cl)cc2)c1. The summed E-state index contributed by atoms with van der Waals surface area (Å²) in [5, 5.41) is 12.5. The van der Waals surface area contributed by atoms with Gasteiger partial charge < -0.3 is 19.9 Å². The maximum Gasteiger partial charge on any atom is 0.305 e. The van der Waals surface area contributed by atoms with E-state index in [4.69, 9.17) is 26.2 Å². The number of rotatable bonds is 9. The smallest absolute Gasteiger partial charge is 0.305 e. The zero-order valence-corrected chi connectivity index (χ0v) is 16.0. The number of carbonyl (C=O) groups is 2. The Balaban J connectivity index is 2.05. The highest BCUT2D eigenvalue weighted by Crippen LogP contribution is 2.25. The van der Waals surface area contributed by atoms with Crippen molar-refractivity contribution in [3.63, 3.8) is 0 Å². The number of hydrogen-bond acceptors (Lipinski definition) is 4. The minimum Gasteiger partial charge on any atom is -0.497 e. The molecule has 2 aromatic carbocycles. The van der Waals surface area contributed by atoms with Gasteiger partial charge in [0.25, 0.3) is 0 Å². The predicted octanol–water partition coefficient (Wildman–Crippen LogP) is 3.62. The van der Waals surface area contributed by atoms with Crippen molar-refractivity contribution in [3.05, 3.63) is 58.6 Å². The summed E-state index contributed by atoms with van der Waals surface area (Å²) in [5.74, 6) is 0.102. The Hall–Kier alpha value is -2.73. The van der Waals surface area contributed by atoms with Gasteiger partial charge >= 0.3 is 5.97 Å². The van der Waals surface area contributed by atoms with Gasteiger partial charge in [0.15, 0.2) is 0 Å². The number of carboxylic acids is 1. The summed E-state index contributed by atoms with van der Waals surface area (Å²) < 4.78 is 10.5. The highest BCUT2D eigenvalue weighted by atomic mass is 35.5. The molecule has 0 saturated heterocycles. The number of hydrogen-bond donors (Lipinski definition) is 2. The molecule has 0 fully saturated rings. The molecule has 2 N–H and O–H groups in total. The Morgan fingerprint density at radius 3 is 2.41 bits per heavy atom. The summed E-state index contributed by atoms with van der Waals surface area (Å²) in [6, 6.07) is 11.5. The van der Waals surface area contributed by atoms with Crippen LogP contribution in [-0.4, -0.2) is 31.2 Å². The van der Waals surface area contributed by atoms with Gasteiger partial charge in [-0.05, 0) is 47.9 Å². The molecule has 0 bridgehead atoms. The fourth-order valence-corrected chi connectivity index (χ4v) is 2.84. The first-order chi connectivity index (χ1) is 12.9. The molecular formula is C20H22ClNO5. The van der Waals surface area contributed by atoms with E-state index in [9.17, 15) is 9.59 Å². The molecule has 0 heterocycles. The van der Waals surface area contributed by atoms with Gasteiger partial charge in [-0.15, -0.1) is 0 Å². The Labute approximate surface area is 163 Å². The molecule has 0 saturated carbocycles. The van der Waals surface area contributed by atoms with E-state index in [1.807, 2.05) is 6.07 Å². The van der Waals surface area contributed by atoms with Crippen LogP contribution in [0.4, 0.5) is 0 Å². The first-order valence-corrected chi connectivity index (χ1v) is 8.78. The van der Waals surface area contributed by atoms with Crippen LogP contribution in [0.3, 0.4) is 0 Å². The number of amides is 1. The molecule has 2 aromatic rings. The largest absolute Gasteiger partial charge is 0.497 e. The monoisotopic (exact) mass is 391 g/mol. The number of nitrogens with one attached hydrogen (secondary N) is 1. The van der Waals surface area contributed by atoms with E-state index in [0.29, 0.717) is 28.5 Å². The van der Waals surface area contributed by atoms with Crippen molar-refractivity contribution in [2.24, 2.45) is 0 Å². The van der Waals surface area contributed by atoms with Crippen molar-refractivity contribution in [2.45, 2.75) is 25.3 Å². The molecule has 0 aliphatic carbocycles. The topological polar surface area (TPSA) is 84.9 Å². The van der Waals surface area contributed by atoms with Gasteiger partial charge in [0.2, 0.25) is 5.91 Å². The van der Waals surface area contributed by atoms with Gasteiger partial charge in [-0.25, -0.2) is 0 Å². The summed E-state index contributed by atoms with van der Waals surface area (Å²) in [5.41, 5.74) is 1.53. The van der Waals surface area contributed by atoms with E-state index >= 15 is 0 Å². The summed E-state index contributed by atoms with van der Waals surface area (Å²) in [4.78, 5) is 23.6. The Morgan fingerprint density at radius 2 is 1.81 bits per heavy atom. The van der Waals surface area contributed by atoms with Gasteiger partial charge in [0.05, 0.1) is 26.7 Å². The molecular weight excluding hydrogens is 370 g/mol. The summed E-state index contributed by atoms with van der Waals surface area (Å²) >= 11 is 5.87. The third kappa shape index (κ3) is 6.18. The zero-order valence-electron chi connectivity index (χ0n) is 15.2. The fraction of sp³-hybridized carbons (Fsp3) is 0.300. The number of ether oxygens (including phenoxy) is 2. The van der Waals surface area contributed by atoms with Crippen LogP contribution >= 0.6 is 11.6 Å². The Bertz CT molecular complexity index is 791. The number of aryl methyl sites for hydroxylation is 1. The third-order valence-corrected chi connectivity index (χ3v) is 4.35. The highest BCUT2D eigenvalue weighted by Gasteiger charge is 2.18. The van der Waals surface area contributed by atoms with E-state index in [2.05, 4.69) is 5.32 Å². The van der Waals surface area contributed by atoms with Gasteiger partial charge in [0, 0.05) is 11.4 Å². The van der Waals surface area contributed by atoms with Crippen molar-refractivity contribution in [3.8, 4) is 11.5 Å². The van der Waals surface area contributed by atoms with Crippen LogP contribution in [0.25, 0.3) is 0 Å².